The van der Waals surface area contributed by atoms with Crippen molar-refractivity contribution in [2.24, 2.45) is 4.99 Å². The molecule has 0 aliphatic carbocycles. The number of hydrogen-bond acceptors (Lipinski definition) is 3. The molecule has 0 bridgehead atoms. The van der Waals surface area contributed by atoms with Crippen molar-refractivity contribution in [3.63, 3.8) is 0 Å². The van der Waals surface area contributed by atoms with Crippen LogP contribution in [0.4, 0.5) is 5.69 Å². The van der Waals surface area contributed by atoms with Crippen LogP contribution in [-0.4, -0.2) is 49.0 Å². The second kappa shape index (κ2) is 14.1. The number of amides is 1. The van der Waals surface area contributed by atoms with Gasteiger partial charge in [-0.05, 0) is 56.0 Å². The maximum Gasteiger partial charge on any atom is 0.221 e. The van der Waals surface area contributed by atoms with Crippen LogP contribution < -0.4 is 16.0 Å². The predicted molar refractivity (Wildman–Crippen MR) is 144 cm³/mol. The summed E-state index contributed by atoms with van der Waals surface area (Å²) < 4.78 is 0. The fourth-order valence-electron chi connectivity index (χ4n) is 3.95. The Kier molecular flexibility index (Phi) is 11.5. The Labute approximate surface area is 209 Å². The van der Waals surface area contributed by atoms with Crippen molar-refractivity contribution in [2.45, 2.75) is 45.7 Å². The van der Waals surface area contributed by atoms with E-state index in [0.717, 1.165) is 50.8 Å². The topological polar surface area (TPSA) is 68.8 Å². The molecule has 174 valence electrons. The number of carbonyl (C=O) groups is 1. The highest BCUT2D eigenvalue weighted by Crippen LogP contribution is 2.20. The van der Waals surface area contributed by atoms with Gasteiger partial charge in [0.25, 0.3) is 0 Å². The van der Waals surface area contributed by atoms with Crippen molar-refractivity contribution < 1.29 is 4.79 Å². The molecule has 1 unspecified atom stereocenters. The Morgan fingerprint density at radius 1 is 1.06 bits per heavy atom. The molecule has 3 N–H and O–H groups in total. The molecule has 0 spiro atoms. The smallest absolute Gasteiger partial charge is 0.221 e. The molecular weight excluding hydrogens is 513 g/mol. The van der Waals surface area contributed by atoms with E-state index in [1.807, 2.05) is 12.1 Å². The molecule has 1 amide bonds. The molecule has 1 aliphatic heterocycles. The Morgan fingerprint density at radius 3 is 2.50 bits per heavy atom. The molecule has 6 nitrogen and oxygen atoms in total. The molecule has 1 atom stereocenters. The van der Waals surface area contributed by atoms with E-state index in [0.29, 0.717) is 6.04 Å². The molecule has 2 aromatic carbocycles. The van der Waals surface area contributed by atoms with Crippen LogP contribution in [0, 0.1) is 0 Å². The molecule has 1 heterocycles. The van der Waals surface area contributed by atoms with E-state index in [9.17, 15) is 4.79 Å². The van der Waals surface area contributed by atoms with Crippen LogP contribution in [0.2, 0.25) is 0 Å². The summed E-state index contributed by atoms with van der Waals surface area (Å²) in [5.74, 6) is 0.828. The van der Waals surface area contributed by atoms with Gasteiger partial charge in [0.2, 0.25) is 5.91 Å². The zero-order chi connectivity index (χ0) is 21.9. The summed E-state index contributed by atoms with van der Waals surface area (Å²) in [7, 11) is 0. The van der Waals surface area contributed by atoms with Gasteiger partial charge in [-0.2, -0.15) is 0 Å². The number of benzene rings is 2. The first kappa shape index (κ1) is 26.1. The number of carbonyl (C=O) groups excluding carboxylic acids is 1. The van der Waals surface area contributed by atoms with E-state index < -0.39 is 0 Å². The average Bonchev–Trinajstić information content (AvgIpc) is 3.20. The Hall–Kier alpha value is -2.13. The normalized spacial score (nSPS) is 16.3. The maximum absolute atomic E-state index is 11.1. The van der Waals surface area contributed by atoms with Crippen LogP contribution in [0.5, 0.6) is 0 Å². The lowest BCUT2D eigenvalue weighted by Gasteiger charge is -2.23. The molecule has 1 aliphatic rings. The van der Waals surface area contributed by atoms with Crippen LogP contribution in [0.25, 0.3) is 0 Å². The van der Waals surface area contributed by atoms with Gasteiger partial charge in [-0.25, -0.2) is 0 Å². The molecule has 32 heavy (non-hydrogen) atoms. The molecular formula is C25H36IN5O. The number of halogens is 1. The van der Waals surface area contributed by atoms with Gasteiger partial charge in [0.15, 0.2) is 5.96 Å². The lowest BCUT2D eigenvalue weighted by Crippen LogP contribution is -2.40. The van der Waals surface area contributed by atoms with Crippen molar-refractivity contribution in [1.82, 2.24) is 15.5 Å². The van der Waals surface area contributed by atoms with Gasteiger partial charge in [0, 0.05) is 38.3 Å². The highest BCUT2D eigenvalue weighted by molar-refractivity contribution is 14.0. The maximum atomic E-state index is 11.1. The summed E-state index contributed by atoms with van der Waals surface area (Å²) in [4.78, 5) is 18.6. The summed E-state index contributed by atoms with van der Waals surface area (Å²) in [6.45, 7) is 8.22. The Morgan fingerprint density at radius 2 is 1.81 bits per heavy atom. The molecule has 0 saturated carbocycles. The third kappa shape index (κ3) is 8.78. The third-order valence-corrected chi connectivity index (χ3v) is 5.51. The summed E-state index contributed by atoms with van der Waals surface area (Å²) in [5, 5.41) is 9.61. The van der Waals surface area contributed by atoms with Crippen LogP contribution in [0.1, 0.15) is 37.8 Å². The fourth-order valence-corrected chi connectivity index (χ4v) is 3.95. The number of likely N-dealkylation sites (tertiary alicyclic amines) is 1. The third-order valence-electron chi connectivity index (χ3n) is 5.51. The summed E-state index contributed by atoms with van der Waals surface area (Å²) in [6.07, 6.45) is 3.34. The van der Waals surface area contributed by atoms with E-state index in [2.05, 4.69) is 70.2 Å². The minimum Gasteiger partial charge on any atom is -0.357 e. The number of anilines is 1. The van der Waals surface area contributed by atoms with Crippen molar-refractivity contribution in [2.75, 3.05) is 31.5 Å². The molecule has 0 radical (unpaired) electrons. The molecule has 1 fully saturated rings. The number of rotatable bonds is 9. The molecule has 3 rings (SSSR count). The fraction of sp³-hybridized carbons (Fsp3) is 0.440. The highest BCUT2D eigenvalue weighted by atomic mass is 127. The monoisotopic (exact) mass is 549 g/mol. The second-order valence-corrected chi connectivity index (χ2v) is 8.03. The highest BCUT2D eigenvalue weighted by Gasteiger charge is 2.24. The first-order chi connectivity index (χ1) is 15.1. The predicted octanol–water partition coefficient (Wildman–Crippen LogP) is 4.03. The number of aliphatic imine (C=N–C) groups is 1. The first-order valence-electron chi connectivity index (χ1n) is 11.3. The van der Waals surface area contributed by atoms with Gasteiger partial charge >= 0.3 is 0 Å². The molecule has 0 aromatic heterocycles. The van der Waals surface area contributed by atoms with E-state index in [4.69, 9.17) is 4.99 Å². The molecule has 1 saturated heterocycles. The number of nitrogens with zero attached hydrogens (tertiary/aromatic N) is 2. The SMILES string of the molecule is CCNC(=NCC1CCCN1Cc1ccccc1)NCCc1ccc(NC(C)=O)cc1.I. The number of hydrogen-bond donors (Lipinski definition) is 3. The lowest BCUT2D eigenvalue weighted by molar-refractivity contribution is -0.114. The zero-order valence-electron chi connectivity index (χ0n) is 19.1. The quantitative estimate of drug-likeness (QED) is 0.251. The van der Waals surface area contributed by atoms with Crippen molar-refractivity contribution in [3.8, 4) is 0 Å². The minimum atomic E-state index is -0.0505. The number of guanidine groups is 1. The van der Waals surface area contributed by atoms with Gasteiger partial charge < -0.3 is 16.0 Å². The average molecular weight is 550 g/mol. The van der Waals surface area contributed by atoms with Crippen LogP contribution in [-0.2, 0) is 17.8 Å². The van der Waals surface area contributed by atoms with Gasteiger partial charge in [0.1, 0.15) is 0 Å². The zero-order valence-corrected chi connectivity index (χ0v) is 21.5. The van der Waals surface area contributed by atoms with Crippen LogP contribution in [0.15, 0.2) is 59.6 Å². The van der Waals surface area contributed by atoms with E-state index in [1.165, 1.54) is 30.9 Å². The molecule has 2 aromatic rings. The van der Waals surface area contributed by atoms with Gasteiger partial charge in [-0.15, -0.1) is 24.0 Å². The van der Waals surface area contributed by atoms with E-state index in [-0.39, 0.29) is 29.9 Å². The van der Waals surface area contributed by atoms with Crippen molar-refractivity contribution in [1.29, 1.82) is 0 Å². The van der Waals surface area contributed by atoms with Crippen molar-refractivity contribution >= 4 is 41.5 Å². The summed E-state index contributed by atoms with van der Waals surface area (Å²) in [5.41, 5.74) is 3.42. The van der Waals surface area contributed by atoms with E-state index in [1.54, 1.807) is 0 Å². The standard InChI is InChI=1S/C25H35N5O.HI/c1-3-26-25(27-16-15-21-11-13-23(14-12-21)29-20(2)31)28-18-24-10-7-17-30(24)19-22-8-5-4-6-9-22;/h4-6,8-9,11-14,24H,3,7,10,15-19H2,1-2H3,(H,29,31)(H2,26,27,28);1H. The summed E-state index contributed by atoms with van der Waals surface area (Å²) in [6, 6.07) is 19.2. The number of nitrogens with one attached hydrogen (secondary N) is 3. The van der Waals surface area contributed by atoms with Gasteiger partial charge in [-0.3, -0.25) is 14.7 Å². The summed E-state index contributed by atoms with van der Waals surface area (Å²) >= 11 is 0. The Balaban J connectivity index is 0.00000363. The van der Waals surface area contributed by atoms with E-state index >= 15 is 0 Å². The van der Waals surface area contributed by atoms with Gasteiger partial charge in [0.05, 0.1) is 6.54 Å². The van der Waals surface area contributed by atoms with Crippen LogP contribution >= 0.6 is 24.0 Å². The minimum absolute atomic E-state index is 0. The van der Waals surface area contributed by atoms with Gasteiger partial charge in [-0.1, -0.05) is 42.5 Å². The largest absolute Gasteiger partial charge is 0.357 e. The molecule has 7 heteroatoms. The first-order valence-corrected chi connectivity index (χ1v) is 11.3. The lowest BCUT2D eigenvalue weighted by atomic mass is 10.1. The van der Waals surface area contributed by atoms with Crippen LogP contribution in [0.3, 0.4) is 0 Å². The van der Waals surface area contributed by atoms with Crippen molar-refractivity contribution in [3.05, 3.63) is 65.7 Å². The second-order valence-electron chi connectivity index (χ2n) is 8.03. The Bertz CT molecular complexity index is 841.